The summed E-state index contributed by atoms with van der Waals surface area (Å²) in [5.74, 6) is -1.80. The van der Waals surface area contributed by atoms with Crippen LogP contribution in [0.3, 0.4) is 0 Å². The van der Waals surface area contributed by atoms with Crippen molar-refractivity contribution in [1.29, 1.82) is 0 Å². The lowest BCUT2D eigenvalue weighted by Gasteiger charge is -2.19. The van der Waals surface area contributed by atoms with Gasteiger partial charge < -0.3 is 11.1 Å². The molecule has 4 aromatic rings. The maximum atomic E-state index is 13.7. The van der Waals surface area contributed by atoms with Crippen molar-refractivity contribution in [2.24, 2.45) is 5.73 Å². The average Bonchev–Trinajstić information content (AvgIpc) is 3.05. The van der Waals surface area contributed by atoms with E-state index < -0.39 is 17.6 Å². The molecular formula is C27H28FN5O2. The Kier molecular flexibility index (Phi) is 6.15. The standard InChI is InChI=1S/C27H28FN5O2/c1-15-24(16(2)33(32-15)14-17-6-8-18(9-7-17)27(3,4)5)31-26(35)21-13-23(25(29)34)30-22-12-19(28)10-11-20(21)22/h6-13H,14H2,1-5H3,(H2,29,34)(H,31,35). The van der Waals surface area contributed by atoms with Crippen LogP contribution >= 0.6 is 0 Å². The number of carbonyl (C=O) groups is 2. The first kappa shape index (κ1) is 24.1. The highest BCUT2D eigenvalue weighted by Gasteiger charge is 2.20. The maximum Gasteiger partial charge on any atom is 0.267 e. The highest BCUT2D eigenvalue weighted by Crippen LogP contribution is 2.26. The number of benzene rings is 2. The number of rotatable bonds is 5. The first-order valence-electron chi connectivity index (χ1n) is 11.3. The van der Waals surface area contributed by atoms with Crippen molar-refractivity contribution in [2.75, 3.05) is 5.32 Å². The minimum absolute atomic E-state index is 0.0749. The average molecular weight is 474 g/mol. The van der Waals surface area contributed by atoms with Gasteiger partial charge in [-0.3, -0.25) is 14.3 Å². The molecule has 0 aliphatic rings. The summed E-state index contributed by atoms with van der Waals surface area (Å²) >= 11 is 0. The van der Waals surface area contributed by atoms with E-state index in [0.717, 1.165) is 17.3 Å². The van der Waals surface area contributed by atoms with E-state index in [4.69, 9.17) is 5.73 Å². The smallest absolute Gasteiger partial charge is 0.267 e. The Bertz CT molecular complexity index is 1450. The molecule has 0 unspecified atom stereocenters. The molecular weight excluding hydrogens is 445 g/mol. The molecule has 0 atom stereocenters. The van der Waals surface area contributed by atoms with Gasteiger partial charge in [0, 0.05) is 11.5 Å². The fourth-order valence-electron chi connectivity index (χ4n) is 4.01. The number of pyridine rings is 1. The number of hydrogen-bond donors (Lipinski definition) is 2. The fraction of sp³-hybridized carbons (Fsp3) is 0.259. The summed E-state index contributed by atoms with van der Waals surface area (Å²) in [6.45, 7) is 10.8. The third kappa shape index (κ3) is 4.91. The van der Waals surface area contributed by atoms with E-state index in [1.165, 1.54) is 23.8 Å². The predicted octanol–water partition coefficient (Wildman–Crippen LogP) is 4.88. The minimum atomic E-state index is -0.803. The van der Waals surface area contributed by atoms with Gasteiger partial charge in [-0.25, -0.2) is 9.37 Å². The molecule has 0 aliphatic carbocycles. The molecule has 180 valence electrons. The maximum absolute atomic E-state index is 13.7. The van der Waals surface area contributed by atoms with E-state index in [1.807, 2.05) is 18.5 Å². The van der Waals surface area contributed by atoms with Gasteiger partial charge in [-0.15, -0.1) is 0 Å². The van der Waals surface area contributed by atoms with Gasteiger partial charge in [0.15, 0.2) is 0 Å². The number of hydrogen-bond acceptors (Lipinski definition) is 4. The predicted molar refractivity (Wildman–Crippen MR) is 134 cm³/mol. The van der Waals surface area contributed by atoms with E-state index in [-0.39, 0.29) is 22.2 Å². The largest absolute Gasteiger partial charge is 0.364 e. The molecule has 2 heterocycles. The number of nitrogens with zero attached hydrogens (tertiary/aromatic N) is 3. The third-order valence-electron chi connectivity index (χ3n) is 6.04. The van der Waals surface area contributed by atoms with Crippen LogP contribution < -0.4 is 11.1 Å². The van der Waals surface area contributed by atoms with Crippen LogP contribution in [0, 0.1) is 19.7 Å². The second kappa shape index (κ2) is 8.94. The van der Waals surface area contributed by atoms with E-state index >= 15 is 0 Å². The minimum Gasteiger partial charge on any atom is -0.364 e. The van der Waals surface area contributed by atoms with E-state index in [9.17, 15) is 14.0 Å². The summed E-state index contributed by atoms with van der Waals surface area (Å²) in [6.07, 6.45) is 0. The zero-order valence-electron chi connectivity index (χ0n) is 20.4. The number of aryl methyl sites for hydroxylation is 1. The molecule has 4 rings (SSSR count). The number of amides is 2. The van der Waals surface area contributed by atoms with Gasteiger partial charge in [-0.2, -0.15) is 5.10 Å². The van der Waals surface area contributed by atoms with Gasteiger partial charge in [0.25, 0.3) is 11.8 Å². The quantitative estimate of drug-likeness (QED) is 0.431. The number of halogens is 1. The number of fused-ring (bicyclic) bond motifs is 1. The van der Waals surface area contributed by atoms with Crippen LogP contribution in [-0.2, 0) is 12.0 Å². The summed E-state index contributed by atoms with van der Waals surface area (Å²) in [4.78, 5) is 29.1. The van der Waals surface area contributed by atoms with Crippen molar-refractivity contribution in [3.63, 3.8) is 0 Å². The third-order valence-corrected chi connectivity index (χ3v) is 6.04. The van der Waals surface area contributed by atoms with Crippen molar-refractivity contribution in [3.8, 4) is 0 Å². The van der Waals surface area contributed by atoms with E-state index in [2.05, 4.69) is 60.4 Å². The van der Waals surface area contributed by atoms with Crippen LogP contribution in [0.15, 0.2) is 48.5 Å². The van der Waals surface area contributed by atoms with Crippen LogP contribution in [0.1, 0.15) is 64.1 Å². The molecule has 2 aromatic carbocycles. The number of anilines is 1. The van der Waals surface area contributed by atoms with Crippen LogP contribution in [0.25, 0.3) is 10.9 Å². The van der Waals surface area contributed by atoms with Crippen molar-refractivity contribution in [3.05, 3.63) is 88.1 Å². The van der Waals surface area contributed by atoms with Crippen LogP contribution in [-0.4, -0.2) is 26.6 Å². The molecule has 0 saturated carbocycles. The van der Waals surface area contributed by atoms with Crippen LogP contribution in [0.5, 0.6) is 0 Å². The van der Waals surface area contributed by atoms with Crippen LogP contribution in [0.4, 0.5) is 10.1 Å². The Morgan fingerprint density at radius 2 is 1.74 bits per heavy atom. The topological polar surface area (TPSA) is 103 Å². The SMILES string of the molecule is Cc1nn(Cc2ccc(C(C)(C)C)cc2)c(C)c1NC(=O)c1cc(C(N)=O)nc2cc(F)ccc12. The van der Waals surface area contributed by atoms with Crippen molar-refractivity contribution in [2.45, 2.75) is 46.6 Å². The normalized spacial score (nSPS) is 11.6. The summed E-state index contributed by atoms with van der Waals surface area (Å²) in [5, 5.41) is 7.93. The van der Waals surface area contributed by atoms with Gasteiger partial charge in [-0.05, 0) is 48.6 Å². The second-order valence-corrected chi connectivity index (χ2v) is 9.69. The lowest BCUT2D eigenvalue weighted by atomic mass is 9.87. The summed E-state index contributed by atoms with van der Waals surface area (Å²) in [6, 6.07) is 13.6. The zero-order chi connectivity index (χ0) is 25.5. The number of aromatic nitrogens is 3. The summed E-state index contributed by atoms with van der Waals surface area (Å²) in [7, 11) is 0. The summed E-state index contributed by atoms with van der Waals surface area (Å²) < 4.78 is 15.6. The number of primary amides is 1. The molecule has 8 heteroatoms. The van der Waals surface area contributed by atoms with Gasteiger partial charge in [0.1, 0.15) is 11.5 Å². The summed E-state index contributed by atoms with van der Waals surface area (Å²) in [5.41, 5.74) is 10.1. The fourth-order valence-corrected chi connectivity index (χ4v) is 4.01. The molecule has 0 spiro atoms. The first-order valence-corrected chi connectivity index (χ1v) is 11.3. The van der Waals surface area contributed by atoms with Gasteiger partial charge in [-0.1, -0.05) is 45.0 Å². The Morgan fingerprint density at radius 3 is 2.37 bits per heavy atom. The number of nitrogens with two attached hydrogens (primary N) is 1. The molecule has 0 radical (unpaired) electrons. The lowest BCUT2D eigenvalue weighted by Crippen LogP contribution is -2.18. The van der Waals surface area contributed by atoms with E-state index in [0.29, 0.717) is 23.3 Å². The highest BCUT2D eigenvalue weighted by atomic mass is 19.1. The van der Waals surface area contributed by atoms with E-state index in [1.54, 1.807) is 0 Å². The zero-order valence-corrected chi connectivity index (χ0v) is 20.4. The van der Waals surface area contributed by atoms with Gasteiger partial charge in [0.2, 0.25) is 0 Å². The van der Waals surface area contributed by atoms with Gasteiger partial charge in [0.05, 0.1) is 34.7 Å². The molecule has 35 heavy (non-hydrogen) atoms. The molecule has 7 nitrogen and oxygen atoms in total. The Labute approximate surface area is 203 Å². The Balaban J connectivity index is 1.64. The van der Waals surface area contributed by atoms with Crippen LogP contribution in [0.2, 0.25) is 0 Å². The lowest BCUT2D eigenvalue weighted by molar-refractivity contribution is 0.0996. The molecule has 2 amide bonds. The molecule has 0 bridgehead atoms. The highest BCUT2D eigenvalue weighted by molar-refractivity contribution is 6.14. The Hall–Kier alpha value is -4.07. The molecule has 2 aromatic heterocycles. The van der Waals surface area contributed by atoms with Crippen molar-refractivity contribution in [1.82, 2.24) is 14.8 Å². The molecule has 0 saturated heterocycles. The van der Waals surface area contributed by atoms with Gasteiger partial charge >= 0.3 is 0 Å². The molecule has 0 aliphatic heterocycles. The Morgan fingerprint density at radius 1 is 1.06 bits per heavy atom. The second-order valence-electron chi connectivity index (χ2n) is 9.69. The number of nitrogens with one attached hydrogen (secondary N) is 1. The monoisotopic (exact) mass is 473 g/mol. The molecule has 0 fully saturated rings. The first-order chi connectivity index (χ1) is 16.4. The van der Waals surface area contributed by atoms with Crippen molar-refractivity contribution < 1.29 is 14.0 Å². The number of carbonyl (C=O) groups excluding carboxylic acids is 2. The van der Waals surface area contributed by atoms with Crippen molar-refractivity contribution >= 4 is 28.4 Å². The molecule has 3 N–H and O–H groups in total.